The SMILES string of the molecule is Cc1cc(CNc2nccnc2C#N)ccc1S(C)(=O)=O. The van der Waals surface area contributed by atoms with Gasteiger partial charge in [-0.3, -0.25) is 0 Å². The van der Waals surface area contributed by atoms with E-state index in [-0.39, 0.29) is 5.69 Å². The molecule has 1 heterocycles. The van der Waals surface area contributed by atoms with Gasteiger partial charge in [-0.2, -0.15) is 5.26 Å². The molecule has 0 bridgehead atoms. The van der Waals surface area contributed by atoms with Crippen LogP contribution in [0.4, 0.5) is 5.82 Å². The second-order valence-electron chi connectivity index (χ2n) is 4.59. The topological polar surface area (TPSA) is 95.7 Å². The van der Waals surface area contributed by atoms with Gasteiger partial charge in [-0.1, -0.05) is 12.1 Å². The van der Waals surface area contributed by atoms with Crippen LogP contribution in [0.3, 0.4) is 0 Å². The second kappa shape index (κ2) is 5.89. The van der Waals surface area contributed by atoms with E-state index in [1.165, 1.54) is 18.6 Å². The first kappa shape index (κ1) is 14.9. The number of nitrogens with zero attached hydrogens (tertiary/aromatic N) is 3. The summed E-state index contributed by atoms with van der Waals surface area (Å²) in [5.74, 6) is 0.407. The van der Waals surface area contributed by atoms with Crippen molar-refractivity contribution in [3.05, 3.63) is 47.4 Å². The Kier molecular flexibility index (Phi) is 4.19. The third-order valence-corrected chi connectivity index (χ3v) is 4.16. The number of nitriles is 1. The Morgan fingerprint density at radius 3 is 2.62 bits per heavy atom. The first-order valence-corrected chi connectivity index (χ1v) is 8.05. The van der Waals surface area contributed by atoms with Gasteiger partial charge in [-0.25, -0.2) is 18.4 Å². The monoisotopic (exact) mass is 302 g/mol. The maximum absolute atomic E-state index is 11.6. The number of aromatic nitrogens is 2. The fraction of sp³-hybridized carbons (Fsp3) is 0.214. The first-order chi connectivity index (χ1) is 9.91. The number of aryl methyl sites for hydroxylation is 1. The van der Waals surface area contributed by atoms with E-state index in [0.29, 0.717) is 22.8 Å². The summed E-state index contributed by atoms with van der Waals surface area (Å²) in [6, 6.07) is 7.08. The molecule has 2 rings (SSSR count). The second-order valence-corrected chi connectivity index (χ2v) is 6.58. The molecule has 0 fully saturated rings. The van der Waals surface area contributed by atoms with Gasteiger partial charge in [-0.15, -0.1) is 0 Å². The molecule has 0 aliphatic heterocycles. The predicted octanol–water partition coefficient (Wildman–Crippen LogP) is 1.67. The van der Waals surface area contributed by atoms with Crippen LogP contribution in [0.2, 0.25) is 0 Å². The highest BCUT2D eigenvalue weighted by Gasteiger charge is 2.11. The van der Waals surface area contributed by atoms with E-state index in [0.717, 1.165) is 5.56 Å². The van der Waals surface area contributed by atoms with Gasteiger partial charge in [0.1, 0.15) is 6.07 Å². The van der Waals surface area contributed by atoms with Crippen LogP contribution >= 0.6 is 0 Å². The van der Waals surface area contributed by atoms with Crippen LogP contribution in [-0.4, -0.2) is 24.6 Å². The Hall–Kier alpha value is -2.46. The van der Waals surface area contributed by atoms with Gasteiger partial charge in [0.25, 0.3) is 0 Å². The lowest BCUT2D eigenvalue weighted by molar-refractivity contribution is 0.601. The molecule has 0 atom stereocenters. The summed E-state index contributed by atoms with van der Waals surface area (Å²) in [6.07, 6.45) is 4.14. The maximum Gasteiger partial charge on any atom is 0.182 e. The van der Waals surface area contributed by atoms with E-state index in [1.54, 1.807) is 25.1 Å². The Morgan fingerprint density at radius 1 is 1.29 bits per heavy atom. The highest BCUT2D eigenvalue weighted by molar-refractivity contribution is 7.90. The fourth-order valence-electron chi connectivity index (χ4n) is 1.97. The largest absolute Gasteiger partial charge is 0.364 e. The van der Waals surface area contributed by atoms with E-state index in [2.05, 4.69) is 15.3 Å². The number of rotatable bonds is 4. The third-order valence-electron chi connectivity index (χ3n) is 2.90. The highest BCUT2D eigenvalue weighted by Crippen LogP contribution is 2.17. The zero-order valence-electron chi connectivity index (χ0n) is 11.7. The van der Waals surface area contributed by atoms with E-state index in [4.69, 9.17) is 5.26 Å². The summed E-state index contributed by atoms with van der Waals surface area (Å²) in [4.78, 5) is 8.28. The zero-order chi connectivity index (χ0) is 15.5. The lowest BCUT2D eigenvalue weighted by Crippen LogP contribution is -2.06. The van der Waals surface area contributed by atoms with E-state index in [9.17, 15) is 8.42 Å². The summed E-state index contributed by atoms with van der Waals surface area (Å²) in [6.45, 7) is 2.18. The Bertz CT molecular complexity index is 810. The maximum atomic E-state index is 11.6. The zero-order valence-corrected chi connectivity index (χ0v) is 12.5. The summed E-state index contributed by atoms with van der Waals surface area (Å²) in [5, 5.41) is 11.9. The molecule has 6 nitrogen and oxygen atoms in total. The standard InChI is InChI=1S/C14H14N4O2S/c1-10-7-11(3-4-13(10)21(2,19)20)9-18-14-12(8-15)16-5-6-17-14/h3-7H,9H2,1-2H3,(H,17,18). The molecule has 0 radical (unpaired) electrons. The minimum absolute atomic E-state index is 0.224. The molecular formula is C14H14N4O2S. The quantitative estimate of drug-likeness (QED) is 0.923. The van der Waals surface area contributed by atoms with Crippen molar-refractivity contribution >= 4 is 15.7 Å². The average Bonchev–Trinajstić information content (AvgIpc) is 2.44. The fourth-order valence-corrected chi connectivity index (χ4v) is 2.93. The Labute approximate surface area is 123 Å². The van der Waals surface area contributed by atoms with Crippen molar-refractivity contribution in [3.63, 3.8) is 0 Å². The molecule has 2 aromatic rings. The Morgan fingerprint density at radius 2 is 2.00 bits per heavy atom. The van der Waals surface area contributed by atoms with Crippen molar-refractivity contribution in [3.8, 4) is 6.07 Å². The van der Waals surface area contributed by atoms with Gasteiger partial charge in [0, 0.05) is 25.2 Å². The number of hydrogen-bond acceptors (Lipinski definition) is 6. The number of benzene rings is 1. The first-order valence-electron chi connectivity index (χ1n) is 6.16. The van der Waals surface area contributed by atoms with Crippen LogP contribution in [0.5, 0.6) is 0 Å². The van der Waals surface area contributed by atoms with Crippen molar-refractivity contribution in [1.29, 1.82) is 5.26 Å². The lowest BCUT2D eigenvalue weighted by atomic mass is 10.1. The smallest absolute Gasteiger partial charge is 0.182 e. The van der Waals surface area contributed by atoms with Crippen LogP contribution in [0.1, 0.15) is 16.8 Å². The molecule has 0 amide bonds. The summed E-state index contributed by atoms with van der Waals surface area (Å²) in [5.41, 5.74) is 1.81. The van der Waals surface area contributed by atoms with Crippen molar-refractivity contribution < 1.29 is 8.42 Å². The molecule has 0 spiro atoms. The molecule has 0 saturated carbocycles. The van der Waals surface area contributed by atoms with Crippen LogP contribution in [0.15, 0.2) is 35.5 Å². The molecule has 1 aromatic carbocycles. The van der Waals surface area contributed by atoms with E-state index in [1.807, 2.05) is 6.07 Å². The van der Waals surface area contributed by atoms with Crippen LogP contribution < -0.4 is 5.32 Å². The molecule has 7 heteroatoms. The summed E-state index contributed by atoms with van der Waals surface area (Å²) in [7, 11) is -3.21. The molecule has 21 heavy (non-hydrogen) atoms. The highest BCUT2D eigenvalue weighted by atomic mass is 32.2. The minimum atomic E-state index is -3.21. The predicted molar refractivity (Wildman–Crippen MR) is 78.4 cm³/mol. The van der Waals surface area contributed by atoms with Gasteiger partial charge >= 0.3 is 0 Å². The number of anilines is 1. The van der Waals surface area contributed by atoms with E-state index >= 15 is 0 Å². The van der Waals surface area contributed by atoms with Crippen LogP contribution in [0, 0.1) is 18.3 Å². The molecular weight excluding hydrogens is 288 g/mol. The molecule has 0 aliphatic carbocycles. The number of sulfone groups is 1. The third kappa shape index (κ3) is 3.55. The molecule has 0 unspecified atom stereocenters. The van der Waals surface area contributed by atoms with Crippen molar-refractivity contribution in [2.45, 2.75) is 18.4 Å². The summed E-state index contributed by atoms with van der Waals surface area (Å²) < 4.78 is 23.1. The van der Waals surface area contributed by atoms with Gasteiger partial charge in [-0.05, 0) is 24.1 Å². The van der Waals surface area contributed by atoms with Gasteiger partial charge in [0.15, 0.2) is 21.3 Å². The van der Waals surface area contributed by atoms with Gasteiger partial charge < -0.3 is 5.32 Å². The lowest BCUT2D eigenvalue weighted by Gasteiger charge is -2.09. The molecule has 108 valence electrons. The number of hydrogen-bond donors (Lipinski definition) is 1. The van der Waals surface area contributed by atoms with E-state index < -0.39 is 9.84 Å². The van der Waals surface area contributed by atoms with Crippen LogP contribution in [-0.2, 0) is 16.4 Å². The molecule has 0 saturated heterocycles. The van der Waals surface area contributed by atoms with Gasteiger partial charge in [0.2, 0.25) is 0 Å². The summed E-state index contributed by atoms with van der Waals surface area (Å²) >= 11 is 0. The molecule has 1 N–H and O–H groups in total. The van der Waals surface area contributed by atoms with Crippen LogP contribution in [0.25, 0.3) is 0 Å². The number of nitrogens with one attached hydrogen (secondary N) is 1. The Balaban J connectivity index is 2.19. The molecule has 1 aromatic heterocycles. The average molecular weight is 302 g/mol. The van der Waals surface area contributed by atoms with Crippen molar-refractivity contribution in [2.24, 2.45) is 0 Å². The van der Waals surface area contributed by atoms with Gasteiger partial charge in [0.05, 0.1) is 4.90 Å². The molecule has 0 aliphatic rings. The van der Waals surface area contributed by atoms with Crippen molar-refractivity contribution in [1.82, 2.24) is 9.97 Å². The normalized spacial score (nSPS) is 10.9. The minimum Gasteiger partial charge on any atom is -0.364 e. The van der Waals surface area contributed by atoms with Crippen molar-refractivity contribution in [2.75, 3.05) is 11.6 Å².